The fraction of sp³-hybridized carbons (Fsp3) is 0.278. The number of nitrogens with one attached hydrogen (secondary N) is 1. The summed E-state index contributed by atoms with van der Waals surface area (Å²) in [5.74, 6) is 0.302. The molecule has 0 aliphatic carbocycles. The molecule has 2 aromatic rings. The van der Waals surface area contributed by atoms with Crippen LogP contribution in [0, 0.1) is 5.82 Å². The third-order valence-corrected chi connectivity index (χ3v) is 4.42. The van der Waals surface area contributed by atoms with Gasteiger partial charge in [0.25, 0.3) is 0 Å². The molecule has 0 bridgehead atoms. The van der Waals surface area contributed by atoms with E-state index in [0.29, 0.717) is 23.6 Å². The van der Waals surface area contributed by atoms with Crippen LogP contribution in [0.25, 0.3) is 0 Å². The second kappa shape index (κ2) is 8.58. The summed E-state index contributed by atoms with van der Waals surface area (Å²) in [7, 11) is 3.98. The van der Waals surface area contributed by atoms with E-state index in [1.165, 1.54) is 17.8 Å². The van der Waals surface area contributed by atoms with Crippen LogP contribution in [0.1, 0.15) is 12.0 Å². The van der Waals surface area contributed by atoms with E-state index in [1.54, 1.807) is 18.2 Å². The summed E-state index contributed by atoms with van der Waals surface area (Å²) in [5.41, 5.74) is 2.19. The molecule has 0 aliphatic heterocycles. The van der Waals surface area contributed by atoms with Crippen LogP contribution in [0.4, 0.5) is 10.1 Å². The number of carbonyl (C=O) groups excluding carboxylic acids is 1. The molecular formula is C18H21FN2OS. The zero-order valence-corrected chi connectivity index (χ0v) is 14.2. The van der Waals surface area contributed by atoms with E-state index in [4.69, 9.17) is 0 Å². The van der Waals surface area contributed by atoms with Crippen molar-refractivity contribution in [1.82, 2.24) is 5.32 Å². The summed E-state index contributed by atoms with van der Waals surface area (Å²) >= 11 is 1.36. The summed E-state index contributed by atoms with van der Waals surface area (Å²) < 4.78 is 13.4. The Balaban J connectivity index is 1.72. The van der Waals surface area contributed by atoms with E-state index in [9.17, 15) is 9.18 Å². The summed E-state index contributed by atoms with van der Waals surface area (Å²) in [5, 5.41) is 2.89. The maximum absolute atomic E-state index is 13.4. The molecule has 0 radical (unpaired) electrons. The number of halogens is 1. The van der Waals surface area contributed by atoms with Crippen LogP contribution in [0.15, 0.2) is 53.4 Å². The molecule has 2 rings (SSSR count). The van der Waals surface area contributed by atoms with Gasteiger partial charge in [-0.1, -0.05) is 24.3 Å². The molecule has 0 unspecified atom stereocenters. The van der Waals surface area contributed by atoms with Gasteiger partial charge >= 0.3 is 0 Å². The predicted molar refractivity (Wildman–Crippen MR) is 94.4 cm³/mol. The average Bonchev–Trinajstić information content (AvgIpc) is 2.55. The summed E-state index contributed by atoms with van der Waals surface area (Å²) in [6.45, 7) is 0.511. The van der Waals surface area contributed by atoms with Crippen molar-refractivity contribution in [3.05, 3.63) is 59.9 Å². The van der Waals surface area contributed by atoms with Crippen molar-refractivity contribution in [1.29, 1.82) is 0 Å². The van der Waals surface area contributed by atoms with Crippen LogP contribution >= 0.6 is 11.8 Å². The molecule has 122 valence electrons. The molecule has 1 amide bonds. The summed E-state index contributed by atoms with van der Waals surface area (Å²) in [6, 6.07) is 14.7. The Morgan fingerprint density at radius 2 is 1.83 bits per heavy atom. The lowest BCUT2D eigenvalue weighted by molar-refractivity contribution is -0.120. The van der Waals surface area contributed by atoms with Gasteiger partial charge in [0.15, 0.2) is 0 Å². The Hall–Kier alpha value is -2.01. The summed E-state index contributed by atoms with van der Waals surface area (Å²) in [4.78, 5) is 14.5. The highest BCUT2D eigenvalue weighted by atomic mass is 32.2. The van der Waals surface area contributed by atoms with Crippen molar-refractivity contribution >= 4 is 23.4 Å². The fourth-order valence-electron chi connectivity index (χ4n) is 2.02. The molecule has 0 aliphatic rings. The summed E-state index contributed by atoms with van der Waals surface area (Å²) in [6.07, 6.45) is 0.370. The van der Waals surface area contributed by atoms with Gasteiger partial charge in [-0.05, 0) is 29.8 Å². The first-order valence-corrected chi connectivity index (χ1v) is 8.45. The van der Waals surface area contributed by atoms with Crippen molar-refractivity contribution in [2.75, 3.05) is 24.7 Å². The van der Waals surface area contributed by atoms with E-state index in [1.807, 2.05) is 43.3 Å². The van der Waals surface area contributed by atoms with Gasteiger partial charge in [-0.2, -0.15) is 0 Å². The van der Waals surface area contributed by atoms with Gasteiger partial charge < -0.3 is 10.2 Å². The fourth-order valence-corrected chi connectivity index (χ4v) is 2.90. The first-order chi connectivity index (χ1) is 11.1. The number of thioether (sulfide) groups is 1. The third-order valence-electron chi connectivity index (χ3n) is 3.37. The zero-order chi connectivity index (χ0) is 16.7. The number of nitrogens with zero attached hydrogens (tertiary/aromatic N) is 1. The Labute approximate surface area is 140 Å². The number of anilines is 1. The minimum Gasteiger partial charge on any atom is -0.378 e. The van der Waals surface area contributed by atoms with Gasteiger partial charge in [-0.25, -0.2) is 4.39 Å². The SMILES string of the molecule is CN(C)c1ccc(CNC(=O)CCSc2ccccc2F)cc1. The smallest absolute Gasteiger partial charge is 0.221 e. The number of hydrogen-bond acceptors (Lipinski definition) is 3. The standard InChI is InChI=1S/C18H21FN2OS/c1-21(2)15-9-7-14(8-10-15)13-20-18(22)11-12-23-17-6-4-3-5-16(17)19/h3-10H,11-13H2,1-2H3,(H,20,22). The van der Waals surface area contributed by atoms with Gasteiger partial charge in [-0.15, -0.1) is 11.8 Å². The second-order valence-electron chi connectivity index (χ2n) is 5.37. The van der Waals surface area contributed by atoms with Gasteiger partial charge in [0.1, 0.15) is 5.82 Å². The quantitative estimate of drug-likeness (QED) is 0.785. The van der Waals surface area contributed by atoms with Gasteiger partial charge in [0.2, 0.25) is 5.91 Å². The molecule has 0 atom stereocenters. The molecule has 1 N–H and O–H groups in total. The van der Waals surface area contributed by atoms with Crippen molar-refractivity contribution in [2.45, 2.75) is 17.9 Å². The first kappa shape index (κ1) is 17.3. The Morgan fingerprint density at radius 3 is 2.48 bits per heavy atom. The van der Waals surface area contributed by atoms with Crippen LogP contribution in [0.3, 0.4) is 0 Å². The zero-order valence-electron chi connectivity index (χ0n) is 13.4. The molecule has 0 saturated heterocycles. The molecule has 23 heavy (non-hydrogen) atoms. The number of amides is 1. The minimum atomic E-state index is -0.237. The third kappa shape index (κ3) is 5.60. The average molecular weight is 332 g/mol. The van der Waals surface area contributed by atoms with Gasteiger partial charge in [0, 0.05) is 43.4 Å². The molecule has 3 nitrogen and oxygen atoms in total. The molecule has 0 fully saturated rings. The van der Waals surface area contributed by atoms with Crippen LogP contribution < -0.4 is 10.2 Å². The normalized spacial score (nSPS) is 10.4. The molecular weight excluding hydrogens is 311 g/mol. The molecule has 5 heteroatoms. The Bertz CT molecular complexity index is 644. The number of hydrogen-bond donors (Lipinski definition) is 1. The highest BCUT2D eigenvalue weighted by Crippen LogP contribution is 2.21. The highest BCUT2D eigenvalue weighted by molar-refractivity contribution is 7.99. The van der Waals surface area contributed by atoms with Crippen LogP contribution in [-0.4, -0.2) is 25.8 Å². The van der Waals surface area contributed by atoms with E-state index < -0.39 is 0 Å². The van der Waals surface area contributed by atoms with E-state index in [-0.39, 0.29) is 11.7 Å². The van der Waals surface area contributed by atoms with Gasteiger partial charge in [0.05, 0.1) is 0 Å². The second-order valence-corrected chi connectivity index (χ2v) is 6.50. The lowest BCUT2D eigenvalue weighted by atomic mass is 10.2. The lowest BCUT2D eigenvalue weighted by Gasteiger charge is -2.13. The van der Waals surface area contributed by atoms with Crippen molar-refractivity contribution in [2.24, 2.45) is 0 Å². The van der Waals surface area contributed by atoms with Crippen LogP contribution in [-0.2, 0) is 11.3 Å². The molecule has 0 spiro atoms. The van der Waals surface area contributed by atoms with E-state index in [0.717, 1.165) is 11.3 Å². The molecule has 2 aromatic carbocycles. The molecule has 0 saturated carbocycles. The first-order valence-electron chi connectivity index (χ1n) is 7.46. The predicted octanol–water partition coefficient (Wildman–Crippen LogP) is 3.69. The molecule has 0 aromatic heterocycles. The monoisotopic (exact) mass is 332 g/mol. The lowest BCUT2D eigenvalue weighted by Crippen LogP contribution is -2.23. The largest absolute Gasteiger partial charge is 0.378 e. The highest BCUT2D eigenvalue weighted by Gasteiger charge is 2.05. The minimum absolute atomic E-state index is 0.0227. The Morgan fingerprint density at radius 1 is 1.13 bits per heavy atom. The van der Waals surface area contributed by atoms with Crippen LogP contribution in [0.2, 0.25) is 0 Å². The van der Waals surface area contributed by atoms with Gasteiger partial charge in [-0.3, -0.25) is 4.79 Å². The van der Waals surface area contributed by atoms with Crippen LogP contribution in [0.5, 0.6) is 0 Å². The maximum atomic E-state index is 13.4. The number of rotatable bonds is 7. The van der Waals surface area contributed by atoms with Crippen molar-refractivity contribution in [3.8, 4) is 0 Å². The maximum Gasteiger partial charge on any atom is 0.221 e. The number of benzene rings is 2. The molecule has 0 heterocycles. The number of carbonyl (C=O) groups is 1. The van der Waals surface area contributed by atoms with E-state index >= 15 is 0 Å². The van der Waals surface area contributed by atoms with Crippen molar-refractivity contribution < 1.29 is 9.18 Å². The van der Waals surface area contributed by atoms with E-state index in [2.05, 4.69) is 5.32 Å². The Kier molecular flexibility index (Phi) is 6.47. The van der Waals surface area contributed by atoms with Crippen molar-refractivity contribution in [3.63, 3.8) is 0 Å². The topological polar surface area (TPSA) is 32.3 Å².